The summed E-state index contributed by atoms with van der Waals surface area (Å²) in [6, 6.07) is 14.4. The number of hydrogen-bond donors (Lipinski definition) is 0. The molecule has 0 unspecified atom stereocenters. The SMILES string of the molecule is CN(CCOC(=O)Oc1ccc(Cl)cc1Cl)c1ccccc1. The number of anilines is 1. The normalized spacial score (nSPS) is 10.1. The second-order valence-electron chi connectivity index (χ2n) is 4.53. The first kappa shape index (κ1) is 16.5. The van der Waals surface area contributed by atoms with E-state index >= 15 is 0 Å². The molecule has 4 nitrogen and oxygen atoms in total. The molecule has 0 aliphatic rings. The first-order chi connectivity index (χ1) is 10.6. The lowest BCUT2D eigenvalue weighted by atomic mass is 10.3. The smallest absolute Gasteiger partial charge is 0.432 e. The zero-order chi connectivity index (χ0) is 15.9. The van der Waals surface area contributed by atoms with Gasteiger partial charge in [0, 0.05) is 17.8 Å². The molecule has 0 spiro atoms. The lowest BCUT2D eigenvalue weighted by Gasteiger charge is -2.18. The highest BCUT2D eigenvalue weighted by Gasteiger charge is 2.10. The molecular weight excluding hydrogens is 325 g/mol. The fourth-order valence-electron chi connectivity index (χ4n) is 1.75. The van der Waals surface area contributed by atoms with Crippen LogP contribution in [0.25, 0.3) is 0 Å². The van der Waals surface area contributed by atoms with E-state index in [4.69, 9.17) is 32.7 Å². The number of carbonyl (C=O) groups is 1. The van der Waals surface area contributed by atoms with Crippen LogP contribution in [0.2, 0.25) is 10.0 Å². The Morgan fingerprint density at radius 2 is 1.86 bits per heavy atom. The second kappa shape index (κ2) is 7.92. The molecule has 0 aliphatic heterocycles. The first-order valence-electron chi connectivity index (χ1n) is 6.62. The summed E-state index contributed by atoms with van der Waals surface area (Å²) in [4.78, 5) is 13.6. The lowest BCUT2D eigenvalue weighted by molar-refractivity contribution is 0.102. The van der Waals surface area contributed by atoms with Crippen LogP contribution in [0.15, 0.2) is 48.5 Å². The van der Waals surface area contributed by atoms with Gasteiger partial charge < -0.3 is 14.4 Å². The summed E-state index contributed by atoms with van der Waals surface area (Å²) in [5.74, 6) is 0.215. The number of benzene rings is 2. The third kappa shape index (κ3) is 4.83. The highest BCUT2D eigenvalue weighted by Crippen LogP contribution is 2.27. The van der Waals surface area contributed by atoms with Crippen molar-refractivity contribution in [2.45, 2.75) is 0 Å². The monoisotopic (exact) mass is 339 g/mol. The molecule has 0 aliphatic carbocycles. The van der Waals surface area contributed by atoms with E-state index in [2.05, 4.69) is 0 Å². The van der Waals surface area contributed by atoms with Crippen LogP contribution in [0.1, 0.15) is 0 Å². The van der Waals surface area contributed by atoms with E-state index < -0.39 is 6.16 Å². The van der Waals surface area contributed by atoms with Crippen molar-refractivity contribution < 1.29 is 14.3 Å². The van der Waals surface area contributed by atoms with Gasteiger partial charge in [-0.2, -0.15) is 0 Å². The summed E-state index contributed by atoms with van der Waals surface area (Å²) in [7, 11) is 1.92. The van der Waals surface area contributed by atoms with Crippen molar-refractivity contribution in [3.05, 3.63) is 58.6 Å². The number of ether oxygens (including phenoxy) is 2. The Hall–Kier alpha value is -1.91. The van der Waals surface area contributed by atoms with E-state index in [0.29, 0.717) is 11.6 Å². The van der Waals surface area contributed by atoms with Crippen molar-refractivity contribution in [1.82, 2.24) is 0 Å². The zero-order valence-corrected chi connectivity index (χ0v) is 13.5. The average Bonchev–Trinajstić information content (AvgIpc) is 2.51. The molecule has 22 heavy (non-hydrogen) atoms. The van der Waals surface area contributed by atoms with Crippen LogP contribution in [0.5, 0.6) is 5.75 Å². The molecule has 2 aromatic rings. The highest BCUT2D eigenvalue weighted by atomic mass is 35.5. The van der Waals surface area contributed by atoms with Gasteiger partial charge in [-0.1, -0.05) is 41.4 Å². The summed E-state index contributed by atoms with van der Waals surface area (Å²) in [5, 5.41) is 0.723. The summed E-state index contributed by atoms with van der Waals surface area (Å²) >= 11 is 11.7. The Bertz CT molecular complexity index is 635. The predicted molar refractivity (Wildman–Crippen MR) is 88.2 cm³/mol. The number of halogens is 2. The molecule has 6 heteroatoms. The van der Waals surface area contributed by atoms with E-state index in [0.717, 1.165) is 5.69 Å². The highest BCUT2D eigenvalue weighted by molar-refractivity contribution is 6.35. The molecule has 0 saturated carbocycles. The molecule has 0 saturated heterocycles. The molecule has 0 heterocycles. The van der Waals surface area contributed by atoms with Gasteiger partial charge in [-0.15, -0.1) is 0 Å². The van der Waals surface area contributed by atoms with Gasteiger partial charge in [0.15, 0.2) is 5.75 Å². The van der Waals surface area contributed by atoms with Crippen molar-refractivity contribution in [3.8, 4) is 5.75 Å². The maximum atomic E-state index is 11.6. The van der Waals surface area contributed by atoms with Crippen LogP contribution in [0.4, 0.5) is 10.5 Å². The maximum absolute atomic E-state index is 11.6. The minimum absolute atomic E-state index is 0.204. The van der Waals surface area contributed by atoms with Gasteiger partial charge in [-0.3, -0.25) is 0 Å². The van der Waals surface area contributed by atoms with Gasteiger partial charge >= 0.3 is 6.16 Å². The predicted octanol–water partition coefficient (Wildman–Crippen LogP) is 4.65. The van der Waals surface area contributed by atoms with Crippen molar-refractivity contribution >= 4 is 35.0 Å². The lowest BCUT2D eigenvalue weighted by Crippen LogP contribution is -2.24. The summed E-state index contributed by atoms with van der Waals surface area (Å²) < 4.78 is 10.0. The number of rotatable bonds is 5. The molecule has 0 aromatic heterocycles. The minimum Gasteiger partial charge on any atom is -0.432 e. The van der Waals surface area contributed by atoms with E-state index in [9.17, 15) is 4.79 Å². The molecule has 116 valence electrons. The van der Waals surface area contributed by atoms with Crippen molar-refractivity contribution in [2.75, 3.05) is 25.1 Å². The quantitative estimate of drug-likeness (QED) is 0.587. The molecule has 0 atom stereocenters. The maximum Gasteiger partial charge on any atom is 0.513 e. The van der Waals surface area contributed by atoms with Crippen molar-refractivity contribution in [3.63, 3.8) is 0 Å². The van der Waals surface area contributed by atoms with Gasteiger partial charge in [-0.25, -0.2) is 4.79 Å². The van der Waals surface area contributed by atoms with Crippen LogP contribution in [0, 0.1) is 0 Å². The minimum atomic E-state index is -0.800. The number of hydrogen-bond acceptors (Lipinski definition) is 4. The molecule has 2 aromatic carbocycles. The Balaban J connectivity index is 1.78. The Labute approximate surface area is 139 Å². The van der Waals surface area contributed by atoms with Gasteiger partial charge in [0.1, 0.15) is 6.61 Å². The molecule has 0 amide bonds. The summed E-state index contributed by atoms with van der Waals surface area (Å²) in [6.45, 7) is 0.753. The first-order valence-corrected chi connectivity index (χ1v) is 7.37. The van der Waals surface area contributed by atoms with Crippen LogP contribution >= 0.6 is 23.2 Å². The van der Waals surface area contributed by atoms with Crippen molar-refractivity contribution in [2.24, 2.45) is 0 Å². The second-order valence-corrected chi connectivity index (χ2v) is 5.38. The fourth-order valence-corrected chi connectivity index (χ4v) is 2.20. The van der Waals surface area contributed by atoms with Gasteiger partial charge in [0.25, 0.3) is 0 Å². The summed E-state index contributed by atoms with van der Waals surface area (Å²) in [5.41, 5.74) is 1.04. The average molecular weight is 340 g/mol. The number of para-hydroxylation sites is 1. The third-order valence-corrected chi connectivity index (χ3v) is 3.46. The van der Waals surface area contributed by atoms with Crippen LogP contribution in [-0.2, 0) is 4.74 Å². The molecule has 2 rings (SSSR count). The summed E-state index contributed by atoms with van der Waals surface area (Å²) in [6.07, 6.45) is -0.800. The molecular formula is C16H15Cl2NO3. The van der Waals surface area contributed by atoms with Crippen molar-refractivity contribution in [1.29, 1.82) is 0 Å². The number of carbonyl (C=O) groups excluding carboxylic acids is 1. The number of nitrogens with zero attached hydrogens (tertiary/aromatic N) is 1. The molecule has 0 radical (unpaired) electrons. The van der Waals surface area contributed by atoms with Crippen LogP contribution < -0.4 is 9.64 Å². The Kier molecular flexibility index (Phi) is 5.92. The van der Waals surface area contributed by atoms with Gasteiger partial charge in [-0.05, 0) is 30.3 Å². The molecule has 0 N–H and O–H groups in total. The Morgan fingerprint density at radius 3 is 2.55 bits per heavy atom. The van der Waals surface area contributed by atoms with E-state index in [1.165, 1.54) is 12.1 Å². The standard InChI is InChI=1S/C16H15Cl2NO3/c1-19(13-5-3-2-4-6-13)9-10-21-16(20)22-15-8-7-12(17)11-14(15)18/h2-8,11H,9-10H2,1H3. The zero-order valence-electron chi connectivity index (χ0n) is 12.0. The van der Waals surface area contributed by atoms with Crippen LogP contribution in [-0.4, -0.2) is 26.4 Å². The topological polar surface area (TPSA) is 38.8 Å². The van der Waals surface area contributed by atoms with Gasteiger partial charge in [0.2, 0.25) is 0 Å². The molecule has 0 fully saturated rings. The number of likely N-dealkylation sites (N-methyl/N-ethyl adjacent to an activating group) is 1. The third-order valence-electron chi connectivity index (χ3n) is 2.93. The van der Waals surface area contributed by atoms with Crippen LogP contribution in [0.3, 0.4) is 0 Å². The fraction of sp³-hybridized carbons (Fsp3) is 0.188. The largest absolute Gasteiger partial charge is 0.513 e. The van der Waals surface area contributed by atoms with E-state index in [1.807, 2.05) is 42.3 Å². The van der Waals surface area contributed by atoms with Gasteiger partial charge in [0.05, 0.1) is 11.6 Å². The van der Waals surface area contributed by atoms with E-state index in [-0.39, 0.29) is 17.4 Å². The molecule has 0 bridgehead atoms. The Morgan fingerprint density at radius 1 is 1.14 bits per heavy atom. The van der Waals surface area contributed by atoms with E-state index in [1.54, 1.807) is 6.07 Å².